The zero-order valence-electron chi connectivity index (χ0n) is 11.1. The topological polar surface area (TPSA) is 69.6 Å². The van der Waals surface area contributed by atoms with Gasteiger partial charge in [-0.1, -0.05) is 0 Å². The lowest BCUT2D eigenvalue weighted by molar-refractivity contribution is -0.140. The Kier molecular flexibility index (Phi) is 5.51. The molecule has 0 bridgehead atoms. The molecule has 2 unspecified atom stereocenters. The van der Waals surface area contributed by atoms with E-state index in [1.165, 1.54) is 0 Å². The molecular weight excluding hydrogens is 264 g/mol. The maximum Gasteiger partial charge on any atom is 0.305 e. The number of piperidine rings is 1. The van der Waals surface area contributed by atoms with Crippen molar-refractivity contribution in [2.45, 2.75) is 31.7 Å². The standard InChI is InChI=1S/C13H22N2O3S/c16-12(6-10-2-1-3-14-8-10)15-4-5-19-9-11(15)7-13(17)18/h10-11,14H,1-9H2,(H,17,18). The van der Waals surface area contributed by atoms with Crippen molar-refractivity contribution in [2.75, 3.05) is 31.1 Å². The summed E-state index contributed by atoms with van der Waals surface area (Å²) in [5.74, 6) is 1.41. The van der Waals surface area contributed by atoms with E-state index >= 15 is 0 Å². The average molecular weight is 286 g/mol. The van der Waals surface area contributed by atoms with Gasteiger partial charge < -0.3 is 15.3 Å². The normalized spacial score (nSPS) is 28.1. The van der Waals surface area contributed by atoms with Crippen LogP contribution in [0.25, 0.3) is 0 Å². The van der Waals surface area contributed by atoms with Crippen LogP contribution in [0.3, 0.4) is 0 Å². The minimum Gasteiger partial charge on any atom is -0.481 e. The monoisotopic (exact) mass is 286 g/mol. The van der Waals surface area contributed by atoms with Crippen molar-refractivity contribution in [3.8, 4) is 0 Å². The Morgan fingerprint density at radius 2 is 2.21 bits per heavy atom. The van der Waals surface area contributed by atoms with Crippen LogP contribution in [0.15, 0.2) is 0 Å². The summed E-state index contributed by atoms with van der Waals surface area (Å²) in [7, 11) is 0. The van der Waals surface area contributed by atoms with Crippen molar-refractivity contribution in [1.82, 2.24) is 10.2 Å². The lowest BCUT2D eigenvalue weighted by atomic mass is 9.95. The number of hydrogen-bond donors (Lipinski definition) is 2. The lowest BCUT2D eigenvalue weighted by Crippen LogP contribution is -2.48. The van der Waals surface area contributed by atoms with E-state index in [1.807, 2.05) is 0 Å². The summed E-state index contributed by atoms with van der Waals surface area (Å²) in [4.78, 5) is 25.0. The van der Waals surface area contributed by atoms with E-state index in [0.717, 1.165) is 37.4 Å². The number of rotatable bonds is 4. The van der Waals surface area contributed by atoms with E-state index in [4.69, 9.17) is 5.11 Å². The summed E-state index contributed by atoms with van der Waals surface area (Å²) in [6, 6.07) is -0.125. The third-order valence-electron chi connectivity index (χ3n) is 3.82. The summed E-state index contributed by atoms with van der Waals surface area (Å²) in [5.41, 5.74) is 0. The Balaban J connectivity index is 1.88. The van der Waals surface area contributed by atoms with Crippen LogP contribution in [0.2, 0.25) is 0 Å². The number of thioether (sulfide) groups is 1. The zero-order valence-corrected chi connectivity index (χ0v) is 12.0. The first-order valence-electron chi connectivity index (χ1n) is 6.96. The second-order valence-electron chi connectivity index (χ2n) is 5.33. The largest absolute Gasteiger partial charge is 0.481 e. The van der Waals surface area contributed by atoms with Crippen molar-refractivity contribution in [2.24, 2.45) is 5.92 Å². The number of carboxylic acid groups (broad SMARTS) is 1. The van der Waals surface area contributed by atoms with E-state index in [1.54, 1.807) is 16.7 Å². The molecule has 2 aliphatic rings. The zero-order chi connectivity index (χ0) is 13.7. The second kappa shape index (κ2) is 7.14. The molecule has 2 rings (SSSR count). The Morgan fingerprint density at radius 3 is 2.89 bits per heavy atom. The third-order valence-corrected chi connectivity index (χ3v) is 4.91. The molecule has 2 saturated heterocycles. The van der Waals surface area contributed by atoms with Crippen molar-refractivity contribution in [1.29, 1.82) is 0 Å². The van der Waals surface area contributed by atoms with Crippen LogP contribution in [0, 0.1) is 5.92 Å². The fraction of sp³-hybridized carbons (Fsp3) is 0.846. The van der Waals surface area contributed by atoms with Gasteiger partial charge in [-0.2, -0.15) is 11.8 Å². The average Bonchev–Trinajstić information content (AvgIpc) is 2.39. The molecule has 2 N–H and O–H groups in total. The van der Waals surface area contributed by atoms with Gasteiger partial charge in [0.05, 0.1) is 12.5 Å². The summed E-state index contributed by atoms with van der Waals surface area (Å²) in [6.45, 7) is 2.66. The Labute approximate surface area is 118 Å². The molecule has 0 aromatic heterocycles. The van der Waals surface area contributed by atoms with Crippen molar-refractivity contribution >= 4 is 23.6 Å². The van der Waals surface area contributed by atoms with E-state index in [-0.39, 0.29) is 18.4 Å². The number of carbonyl (C=O) groups excluding carboxylic acids is 1. The number of amides is 1. The molecule has 2 heterocycles. The molecule has 0 aromatic carbocycles. The van der Waals surface area contributed by atoms with E-state index in [9.17, 15) is 9.59 Å². The number of nitrogens with one attached hydrogen (secondary N) is 1. The first-order chi connectivity index (χ1) is 9.16. The Bertz CT molecular complexity index is 332. The molecule has 0 aromatic rings. The van der Waals surface area contributed by atoms with Gasteiger partial charge in [-0.05, 0) is 31.8 Å². The summed E-state index contributed by atoms with van der Waals surface area (Å²) < 4.78 is 0. The molecule has 1 amide bonds. The maximum absolute atomic E-state index is 12.4. The number of nitrogens with zero attached hydrogens (tertiary/aromatic N) is 1. The summed E-state index contributed by atoms with van der Waals surface area (Å²) in [5, 5.41) is 12.2. The van der Waals surface area contributed by atoms with Gasteiger partial charge >= 0.3 is 5.97 Å². The number of hydrogen-bond acceptors (Lipinski definition) is 4. The van der Waals surface area contributed by atoms with Crippen molar-refractivity contribution in [3.05, 3.63) is 0 Å². The van der Waals surface area contributed by atoms with E-state index in [0.29, 0.717) is 18.9 Å². The van der Waals surface area contributed by atoms with Gasteiger partial charge in [0.2, 0.25) is 5.91 Å². The molecular formula is C13H22N2O3S. The first kappa shape index (κ1) is 14.7. The highest BCUT2D eigenvalue weighted by atomic mass is 32.2. The third kappa shape index (κ3) is 4.38. The van der Waals surface area contributed by atoms with Crippen LogP contribution >= 0.6 is 11.8 Å². The fourth-order valence-electron chi connectivity index (χ4n) is 2.82. The molecule has 0 radical (unpaired) electrons. The molecule has 19 heavy (non-hydrogen) atoms. The maximum atomic E-state index is 12.4. The number of carboxylic acids is 1. The van der Waals surface area contributed by atoms with Gasteiger partial charge in [-0.15, -0.1) is 0 Å². The van der Waals surface area contributed by atoms with Crippen LogP contribution in [-0.4, -0.2) is 59.1 Å². The molecule has 5 nitrogen and oxygen atoms in total. The quantitative estimate of drug-likeness (QED) is 0.800. The minimum atomic E-state index is -0.815. The van der Waals surface area contributed by atoms with E-state index in [2.05, 4.69) is 5.32 Å². The van der Waals surface area contributed by atoms with Gasteiger partial charge in [0.25, 0.3) is 0 Å². The first-order valence-corrected chi connectivity index (χ1v) is 8.12. The molecule has 0 saturated carbocycles. The summed E-state index contributed by atoms with van der Waals surface area (Å²) in [6.07, 6.45) is 2.87. The molecule has 108 valence electrons. The van der Waals surface area contributed by atoms with Crippen molar-refractivity contribution < 1.29 is 14.7 Å². The van der Waals surface area contributed by atoms with Crippen LogP contribution in [0.4, 0.5) is 0 Å². The fourth-order valence-corrected chi connectivity index (χ4v) is 3.88. The lowest BCUT2D eigenvalue weighted by Gasteiger charge is -2.36. The smallest absolute Gasteiger partial charge is 0.305 e. The molecule has 6 heteroatoms. The van der Waals surface area contributed by atoms with Crippen LogP contribution in [0.1, 0.15) is 25.7 Å². The Morgan fingerprint density at radius 1 is 1.37 bits per heavy atom. The van der Waals surface area contributed by atoms with Gasteiger partial charge in [0, 0.05) is 24.5 Å². The summed E-state index contributed by atoms with van der Waals surface area (Å²) >= 11 is 1.74. The van der Waals surface area contributed by atoms with Gasteiger partial charge in [-0.3, -0.25) is 9.59 Å². The van der Waals surface area contributed by atoms with Crippen LogP contribution in [0.5, 0.6) is 0 Å². The van der Waals surface area contributed by atoms with E-state index < -0.39 is 5.97 Å². The molecule has 2 atom stereocenters. The minimum absolute atomic E-state index is 0.0711. The molecule has 0 spiro atoms. The molecule has 2 fully saturated rings. The predicted octanol–water partition coefficient (Wildman–Crippen LogP) is 0.795. The highest BCUT2D eigenvalue weighted by molar-refractivity contribution is 7.99. The van der Waals surface area contributed by atoms with Crippen LogP contribution in [-0.2, 0) is 9.59 Å². The highest BCUT2D eigenvalue weighted by Crippen LogP contribution is 2.22. The predicted molar refractivity (Wildman–Crippen MR) is 75.3 cm³/mol. The van der Waals surface area contributed by atoms with Gasteiger partial charge in [0.15, 0.2) is 0 Å². The number of aliphatic carboxylic acids is 1. The highest BCUT2D eigenvalue weighted by Gasteiger charge is 2.30. The van der Waals surface area contributed by atoms with Gasteiger partial charge in [0.1, 0.15) is 0 Å². The number of carbonyl (C=O) groups is 2. The molecule has 0 aliphatic carbocycles. The van der Waals surface area contributed by atoms with Crippen molar-refractivity contribution in [3.63, 3.8) is 0 Å². The SMILES string of the molecule is O=C(O)CC1CSCCN1C(=O)CC1CCCNC1. The Hall–Kier alpha value is -0.750. The van der Waals surface area contributed by atoms with Crippen LogP contribution < -0.4 is 5.32 Å². The molecule has 2 aliphatic heterocycles. The van der Waals surface area contributed by atoms with Gasteiger partial charge in [-0.25, -0.2) is 0 Å². The second-order valence-corrected chi connectivity index (χ2v) is 6.48.